The molecule has 2 aliphatic heterocycles. The Morgan fingerprint density at radius 2 is 1.80 bits per heavy atom. The summed E-state index contributed by atoms with van der Waals surface area (Å²) in [6.45, 7) is 4.48. The maximum absolute atomic E-state index is 13.2. The van der Waals surface area contributed by atoms with Gasteiger partial charge < -0.3 is 19.1 Å². The topological polar surface area (TPSA) is 92.6 Å². The van der Waals surface area contributed by atoms with Gasteiger partial charge in [-0.3, -0.25) is 19.9 Å². The summed E-state index contributed by atoms with van der Waals surface area (Å²) in [6.07, 6.45) is 8.17. The van der Waals surface area contributed by atoms with Crippen LogP contribution in [0.15, 0.2) is 78.6 Å². The minimum absolute atomic E-state index is 0.0390. The van der Waals surface area contributed by atoms with Gasteiger partial charge in [-0.15, -0.1) is 11.3 Å². The van der Waals surface area contributed by atoms with Gasteiger partial charge >= 0.3 is 0 Å². The predicted molar refractivity (Wildman–Crippen MR) is 159 cm³/mol. The van der Waals surface area contributed by atoms with Crippen LogP contribution in [0, 0.1) is 0 Å². The number of piperidine rings is 1. The Hall–Kier alpha value is -4.02. The molecule has 0 radical (unpaired) electrons. The van der Waals surface area contributed by atoms with E-state index in [1.54, 1.807) is 19.3 Å². The first-order valence-corrected chi connectivity index (χ1v) is 14.9. The SMILES string of the molecule is CC(=O)N1CCC(O[C@@H]2C[C@H](c3csc(NC(=O)c4cccn4Cc4ccncc4)n3)N(c3ccccc3)C2)CC1. The average Bonchev–Trinajstić information content (AvgIpc) is 3.75. The number of ether oxygens (including phenoxy) is 1. The minimum atomic E-state index is -0.186. The van der Waals surface area contributed by atoms with Crippen molar-refractivity contribution >= 4 is 34.0 Å². The Kier molecular flexibility index (Phi) is 8.11. The molecule has 4 aromatic rings. The van der Waals surface area contributed by atoms with Gasteiger partial charge in [0.2, 0.25) is 5.91 Å². The summed E-state index contributed by atoms with van der Waals surface area (Å²) in [4.78, 5) is 38.1. The van der Waals surface area contributed by atoms with Crippen molar-refractivity contribution in [2.45, 2.75) is 51.0 Å². The number of amides is 2. The molecule has 10 heteroatoms. The number of anilines is 2. The fraction of sp³-hybridized carbons (Fsp3) is 0.355. The molecule has 212 valence electrons. The Balaban J connectivity index is 1.14. The lowest BCUT2D eigenvalue weighted by Gasteiger charge is -2.32. The lowest BCUT2D eigenvalue weighted by atomic mass is 10.1. The van der Waals surface area contributed by atoms with Gasteiger partial charge in [0.05, 0.1) is 23.9 Å². The molecule has 1 aromatic carbocycles. The third-order valence-corrected chi connectivity index (χ3v) is 8.65. The Morgan fingerprint density at radius 1 is 1.02 bits per heavy atom. The Morgan fingerprint density at radius 3 is 2.56 bits per heavy atom. The third-order valence-electron chi connectivity index (χ3n) is 7.87. The molecule has 2 fully saturated rings. The highest BCUT2D eigenvalue weighted by Gasteiger charge is 2.37. The van der Waals surface area contributed by atoms with Crippen LogP contribution in [0.1, 0.15) is 54.0 Å². The summed E-state index contributed by atoms with van der Waals surface area (Å²) in [6, 6.07) is 18.0. The van der Waals surface area contributed by atoms with Gasteiger partial charge in [0.1, 0.15) is 5.69 Å². The van der Waals surface area contributed by atoms with Crippen LogP contribution in [0.5, 0.6) is 0 Å². The minimum Gasteiger partial charge on any atom is -0.373 e. The zero-order valence-electron chi connectivity index (χ0n) is 23.1. The number of thiazole rings is 1. The molecule has 6 rings (SSSR count). The van der Waals surface area contributed by atoms with Crippen LogP contribution in [0.2, 0.25) is 0 Å². The summed E-state index contributed by atoms with van der Waals surface area (Å²) in [5.41, 5.74) is 3.71. The van der Waals surface area contributed by atoms with Crippen molar-refractivity contribution in [3.63, 3.8) is 0 Å². The van der Waals surface area contributed by atoms with Crippen LogP contribution in [0.25, 0.3) is 0 Å². The molecule has 9 nitrogen and oxygen atoms in total. The normalized spacial score (nSPS) is 19.4. The smallest absolute Gasteiger partial charge is 0.274 e. The molecule has 0 saturated carbocycles. The van der Waals surface area contributed by atoms with E-state index in [0.29, 0.717) is 17.4 Å². The molecule has 0 bridgehead atoms. The zero-order chi connectivity index (χ0) is 28.2. The van der Waals surface area contributed by atoms with E-state index in [0.717, 1.165) is 55.8 Å². The number of pyridine rings is 1. The van der Waals surface area contributed by atoms with Crippen LogP contribution < -0.4 is 10.2 Å². The summed E-state index contributed by atoms with van der Waals surface area (Å²) in [7, 11) is 0. The molecule has 2 atom stereocenters. The molecule has 2 aliphatic rings. The third kappa shape index (κ3) is 6.34. The van der Waals surface area contributed by atoms with E-state index in [9.17, 15) is 9.59 Å². The van der Waals surface area contributed by atoms with Gasteiger partial charge in [-0.2, -0.15) is 0 Å². The molecule has 1 N–H and O–H groups in total. The Labute approximate surface area is 243 Å². The number of nitrogens with one attached hydrogen (secondary N) is 1. The maximum Gasteiger partial charge on any atom is 0.274 e. The quantitative estimate of drug-likeness (QED) is 0.321. The fourth-order valence-electron chi connectivity index (χ4n) is 5.76. The van der Waals surface area contributed by atoms with Crippen molar-refractivity contribution < 1.29 is 14.3 Å². The van der Waals surface area contributed by atoms with Gasteiger partial charge in [-0.25, -0.2) is 4.98 Å². The monoisotopic (exact) mass is 570 g/mol. The molecular weight excluding hydrogens is 536 g/mol. The Bertz CT molecular complexity index is 1470. The highest BCUT2D eigenvalue weighted by molar-refractivity contribution is 7.14. The van der Waals surface area contributed by atoms with Crippen LogP contribution in [0.3, 0.4) is 0 Å². The summed E-state index contributed by atoms with van der Waals surface area (Å²) >= 11 is 1.44. The van der Waals surface area contributed by atoms with Crippen molar-refractivity contribution in [1.29, 1.82) is 0 Å². The molecule has 0 aliphatic carbocycles. The van der Waals surface area contributed by atoms with E-state index < -0.39 is 0 Å². The van der Waals surface area contributed by atoms with Crippen molar-refractivity contribution in [2.75, 3.05) is 29.9 Å². The molecule has 41 heavy (non-hydrogen) atoms. The average molecular weight is 571 g/mol. The van der Waals surface area contributed by atoms with Crippen molar-refractivity contribution in [3.05, 3.63) is 95.5 Å². The summed E-state index contributed by atoms with van der Waals surface area (Å²) in [5, 5.41) is 5.63. The fourth-order valence-corrected chi connectivity index (χ4v) is 6.51. The predicted octanol–water partition coefficient (Wildman–Crippen LogP) is 4.99. The van der Waals surface area contributed by atoms with Gasteiger partial charge in [0.25, 0.3) is 5.91 Å². The van der Waals surface area contributed by atoms with E-state index in [4.69, 9.17) is 9.72 Å². The van der Waals surface area contributed by atoms with Gasteiger partial charge in [0.15, 0.2) is 5.13 Å². The number of aromatic nitrogens is 3. The van der Waals surface area contributed by atoms with Crippen LogP contribution in [-0.2, 0) is 16.1 Å². The van der Waals surface area contributed by atoms with E-state index in [-0.39, 0.29) is 30.1 Å². The number of rotatable bonds is 8. The molecule has 0 unspecified atom stereocenters. The number of hydrogen-bond donors (Lipinski definition) is 1. The highest BCUT2D eigenvalue weighted by Crippen LogP contribution is 2.39. The van der Waals surface area contributed by atoms with Crippen LogP contribution in [-0.4, -0.2) is 63.1 Å². The molecule has 2 saturated heterocycles. The first-order valence-electron chi connectivity index (χ1n) is 14.1. The standard InChI is InChI=1S/C31H34N6O3S/c1-22(38)35-16-11-25(12-17-35)40-26-18-29(37(20-26)24-6-3-2-4-7-24)27-21-41-31(33-27)34-30(39)28-8-5-15-36(28)19-23-9-13-32-14-10-23/h2-10,13-15,21,25-26,29H,11-12,16-20H2,1H3,(H,33,34,39)/t26-,29-/m1/s1. The summed E-state index contributed by atoms with van der Waals surface area (Å²) in [5.74, 6) is -0.0533. The molecule has 2 amide bonds. The van der Waals surface area contributed by atoms with E-state index >= 15 is 0 Å². The number of carbonyl (C=O) groups excluding carboxylic acids is 2. The first kappa shape index (κ1) is 27.2. The van der Waals surface area contributed by atoms with Gasteiger partial charge in [-0.1, -0.05) is 18.2 Å². The van der Waals surface area contributed by atoms with Crippen molar-refractivity contribution in [1.82, 2.24) is 19.4 Å². The lowest BCUT2D eigenvalue weighted by molar-refractivity contribution is -0.132. The molecule has 5 heterocycles. The zero-order valence-corrected chi connectivity index (χ0v) is 23.9. The second-order valence-electron chi connectivity index (χ2n) is 10.6. The van der Waals surface area contributed by atoms with E-state index in [2.05, 4.69) is 27.3 Å². The number of benzene rings is 1. The summed E-state index contributed by atoms with van der Waals surface area (Å²) < 4.78 is 8.51. The number of hydrogen-bond acceptors (Lipinski definition) is 7. The largest absolute Gasteiger partial charge is 0.373 e. The molecule has 0 spiro atoms. The molecule has 3 aromatic heterocycles. The highest BCUT2D eigenvalue weighted by atomic mass is 32.1. The second kappa shape index (κ2) is 12.2. The van der Waals surface area contributed by atoms with Crippen LogP contribution in [0.4, 0.5) is 10.8 Å². The van der Waals surface area contributed by atoms with E-state index in [1.807, 2.05) is 63.5 Å². The molecular formula is C31H34N6O3S. The number of carbonyl (C=O) groups is 2. The first-order chi connectivity index (χ1) is 20.0. The number of likely N-dealkylation sites (tertiary alicyclic amines) is 1. The van der Waals surface area contributed by atoms with Crippen molar-refractivity contribution in [3.8, 4) is 0 Å². The van der Waals surface area contributed by atoms with Crippen LogP contribution >= 0.6 is 11.3 Å². The lowest BCUT2D eigenvalue weighted by Crippen LogP contribution is -2.41. The maximum atomic E-state index is 13.2. The van der Waals surface area contributed by atoms with Crippen molar-refractivity contribution in [2.24, 2.45) is 0 Å². The number of nitrogens with zero attached hydrogens (tertiary/aromatic N) is 5. The second-order valence-corrected chi connectivity index (χ2v) is 11.5. The van der Waals surface area contributed by atoms with E-state index in [1.165, 1.54) is 11.3 Å². The van der Waals surface area contributed by atoms with Gasteiger partial charge in [-0.05, 0) is 54.8 Å². The van der Waals surface area contributed by atoms with Gasteiger partial charge in [0, 0.05) is 69.2 Å². The number of para-hydroxylation sites is 1.